The highest BCUT2D eigenvalue weighted by Gasteiger charge is 2.09. The van der Waals surface area contributed by atoms with Gasteiger partial charge in [-0.25, -0.2) is 4.98 Å². The molecule has 4 nitrogen and oxygen atoms in total. The van der Waals surface area contributed by atoms with E-state index in [2.05, 4.69) is 24.1 Å². The molecule has 0 fully saturated rings. The minimum absolute atomic E-state index is 0. The lowest BCUT2D eigenvalue weighted by Gasteiger charge is -2.05. The van der Waals surface area contributed by atoms with Crippen molar-refractivity contribution >= 4 is 42.1 Å². The van der Waals surface area contributed by atoms with E-state index in [-0.39, 0.29) is 30.7 Å². The molecule has 1 rings (SSSR count). The van der Waals surface area contributed by atoms with Crippen LogP contribution in [0.5, 0.6) is 0 Å². The second kappa shape index (κ2) is 8.69. The zero-order valence-corrected chi connectivity index (χ0v) is 12.5. The number of carbonyl (C=O) groups excluding carboxylic acids is 1. The molecule has 0 aromatic carbocycles. The summed E-state index contributed by atoms with van der Waals surface area (Å²) < 4.78 is 0. The maximum atomic E-state index is 11.2. The first-order chi connectivity index (χ1) is 7.00. The molecule has 1 atom stereocenters. The van der Waals surface area contributed by atoms with E-state index < -0.39 is 6.04 Å². The van der Waals surface area contributed by atoms with Gasteiger partial charge in [-0.15, -0.1) is 36.2 Å². The predicted molar refractivity (Wildman–Crippen MR) is 76.2 cm³/mol. The molecular formula is C10H19Cl2N3OS. The van der Waals surface area contributed by atoms with Crippen LogP contribution in [0.25, 0.3) is 0 Å². The Bertz CT molecular complexity index is 342. The molecule has 3 N–H and O–H groups in total. The molecule has 0 unspecified atom stereocenters. The van der Waals surface area contributed by atoms with E-state index in [0.717, 1.165) is 10.7 Å². The lowest BCUT2D eigenvalue weighted by Crippen LogP contribution is -2.37. The smallest absolute Gasteiger partial charge is 0.236 e. The average molecular weight is 300 g/mol. The van der Waals surface area contributed by atoms with Gasteiger partial charge in [0.2, 0.25) is 5.91 Å². The number of halogens is 2. The molecule has 0 saturated carbocycles. The quantitative estimate of drug-likeness (QED) is 0.894. The fourth-order valence-corrected chi connectivity index (χ4v) is 1.89. The molecule has 100 valence electrons. The molecule has 0 spiro atoms. The minimum Gasteiger partial charge on any atom is -0.348 e. The van der Waals surface area contributed by atoms with Crippen LogP contribution in [0.2, 0.25) is 0 Å². The number of hydrogen-bond acceptors (Lipinski definition) is 4. The Labute approximate surface area is 118 Å². The SMILES string of the molecule is CC(C)c1csc(CNC(=O)[C@@H](C)N)n1.Cl.Cl. The van der Waals surface area contributed by atoms with Gasteiger partial charge >= 0.3 is 0 Å². The number of hydrogen-bond donors (Lipinski definition) is 2. The summed E-state index contributed by atoms with van der Waals surface area (Å²) in [6.07, 6.45) is 0. The van der Waals surface area contributed by atoms with E-state index in [1.165, 1.54) is 0 Å². The van der Waals surface area contributed by atoms with Gasteiger partial charge in [-0.05, 0) is 12.8 Å². The van der Waals surface area contributed by atoms with Gasteiger partial charge in [0, 0.05) is 5.38 Å². The van der Waals surface area contributed by atoms with E-state index in [0.29, 0.717) is 12.5 Å². The fourth-order valence-electron chi connectivity index (χ4n) is 0.995. The largest absolute Gasteiger partial charge is 0.348 e. The number of rotatable bonds is 4. The number of nitrogens with zero attached hydrogens (tertiary/aromatic N) is 1. The zero-order valence-electron chi connectivity index (χ0n) is 10.1. The van der Waals surface area contributed by atoms with Crippen LogP contribution >= 0.6 is 36.2 Å². The first kappa shape index (κ1) is 19.0. The number of amides is 1. The second-order valence-corrected chi connectivity index (χ2v) is 4.77. The van der Waals surface area contributed by atoms with Crippen LogP contribution in [0.15, 0.2) is 5.38 Å². The van der Waals surface area contributed by atoms with Gasteiger partial charge in [0.05, 0.1) is 18.3 Å². The van der Waals surface area contributed by atoms with Gasteiger partial charge in [0.15, 0.2) is 0 Å². The minimum atomic E-state index is -0.463. The summed E-state index contributed by atoms with van der Waals surface area (Å²) in [7, 11) is 0. The number of nitrogens with one attached hydrogen (secondary N) is 1. The van der Waals surface area contributed by atoms with Crippen molar-refractivity contribution in [3.05, 3.63) is 16.1 Å². The molecule has 0 bridgehead atoms. The maximum Gasteiger partial charge on any atom is 0.236 e. The molecule has 1 heterocycles. The highest BCUT2D eigenvalue weighted by Crippen LogP contribution is 2.17. The Kier molecular flexibility index (Phi) is 9.71. The molecule has 17 heavy (non-hydrogen) atoms. The summed E-state index contributed by atoms with van der Waals surface area (Å²) in [6.45, 7) is 6.33. The summed E-state index contributed by atoms with van der Waals surface area (Å²) >= 11 is 1.56. The molecule has 1 amide bonds. The number of aromatic nitrogens is 1. The van der Waals surface area contributed by atoms with Crippen LogP contribution in [-0.4, -0.2) is 16.9 Å². The lowest BCUT2D eigenvalue weighted by atomic mass is 10.2. The summed E-state index contributed by atoms with van der Waals surface area (Å²) in [5, 5.41) is 5.68. The van der Waals surface area contributed by atoms with E-state index in [4.69, 9.17) is 5.73 Å². The summed E-state index contributed by atoms with van der Waals surface area (Å²) in [6, 6.07) is -0.463. The van der Waals surface area contributed by atoms with Crippen molar-refractivity contribution in [2.45, 2.75) is 39.3 Å². The van der Waals surface area contributed by atoms with Crippen LogP contribution in [0.4, 0.5) is 0 Å². The molecule has 0 saturated heterocycles. The monoisotopic (exact) mass is 299 g/mol. The molecule has 7 heteroatoms. The average Bonchev–Trinajstić information content (AvgIpc) is 2.62. The van der Waals surface area contributed by atoms with Crippen molar-refractivity contribution < 1.29 is 4.79 Å². The molecule has 0 aliphatic rings. The summed E-state index contributed by atoms with van der Waals surface area (Å²) in [5.41, 5.74) is 6.50. The molecule has 1 aromatic rings. The zero-order chi connectivity index (χ0) is 11.4. The molecule has 0 aliphatic carbocycles. The van der Waals surface area contributed by atoms with Gasteiger partial charge in [0.25, 0.3) is 0 Å². The highest BCUT2D eigenvalue weighted by molar-refractivity contribution is 7.09. The van der Waals surface area contributed by atoms with Crippen molar-refractivity contribution in [3.63, 3.8) is 0 Å². The third kappa shape index (κ3) is 6.21. The number of nitrogens with two attached hydrogens (primary N) is 1. The molecule has 0 radical (unpaired) electrons. The van der Waals surface area contributed by atoms with Crippen molar-refractivity contribution in [1.29, 1.82) is 0 Å². The van der Waals surface area contributed by atoms with Gasteiger partial charge in [-0.3, -0.25) is 4.79 Å². The van der Waals surface area contributed by atoms with E-state index >= 15 is 0 Å². The van der Waals surface area contributed by atoms with Gasteiger partial charge < -0.3 is 11.1 Å². The molecule has 0 aliphatic heterocycles. The number of carbonyl (C=O) groups is 1. The second-order valence-electron chi connectivity index (χ2n) is 3.83. The van der Waals surface area contributed by atoms with Gasteiger partial charge in [-0.1, -0.05) is 13.8 Å². The van der Waals surface area contributed by atoms with E-state index in [9.17, 15) is 4.79 Å². The van der Waals surface area contributed by atoms with Crippen LogP contribution in [0.3, 0.4) is 0 Å². The van der Waals surface area contributed by atoms with E-state index in [1.807, 2.05) is 5.38 Å². The first-order valence-corrected chi connectivity index (χ1v) is 5.86. The van der Waals surface area contributed by atoms with Crippen molar-refractivity contribution in [2.75, 3.05) is 0 Å². The normalized spacial score (nSPS) is 11.4. The number of thiazole rings is 1. The van der Waals surface area contributed by atoms with E-state index in [1.54, 1.807) is 18.3 Å². The van der Waals surface area contributed by atoms with Crippen molar-refractivity contribution in [3.8, 4) is 0 Å². The Balaban J connectivity index is 0. The van der Waals surface area contributed by atoms with Gasteiger partial charge in [-0.2, -0.15) is 0 Å². The standard InChI is InChI=1S/C10H17N3OS.2ClH/c1-6(2)8-5-15-9(13-8)4-12-10(14)7(3)11;;/h5-7H,4,11H2,1-3H3,(H,12,14);2*1H/t7-;;/m1../s1. The lowest BCUT2D eigenvalue weighted by molar-refractivity contribution is -0.122. The Morgan fingerprint density at radius 2 is 2.06 bits per heavy atom. The van der Waals surface area contributed by atoms with Crippen LogP contribution < -0.4 is 11.1 Å². The van der Waals surface area contributed by atoms with Crippen molar-refractivity contribution in [2.24, 2.45) is 5.73 Å². The van der Waals surface area contributed by atoms with Crippen molar-refractivity contribution in [1.82, 2.24) is 10.3 Å². The third-order valence-corrected chi connectivity index (χ3v) is 2.86. The Morgan fingerprint density at radius 1 is 1.47 bits per heavy atom. The Morgan fingerprint density at radius 3 is 2.47 bits per heavy atom. The van der Waals surface area contributed by atoms with Crippen LogP contribution in [0, 0.1) is 0 Å². The van der Waals surface area contributed by atoms with Crippen LogP contribution in [-0.2, 0) is 11.3 Å². The first-order valence-electron chi connectivity index (χ1n) is 4.98. The Hall–Kier alpha value is -0.360. The third-order valence-electron chi connectivity index (χ3n) is 1.99. The maximum absolute atomic E-state index is 11.2. The predicted octanol–water partition coefficient (Wildman–Crippen LogP) is 2.07. The topological polar surface area (TPSA) is 68.0 Å². The summed E-state index contributed by atoms with van der Waals surface area (Å²) in [4.78, 5) is 15.6. The van der Waals surface area contributed by atoms with Crippen LogP contribution in [0.1, 0.15) is 37.4 Å². The summed E-state index contributed by atoms with van der Waals surface area (Å²) in [5.74, 6) is 0.287. The fraction of sp³-hybridized carbons (Fsp3) is 0.600. The highest BCUT2D eigenvalue weighted by atomic mass is 35.5. The molecule has 1 aromatic heterocycles. The van der Waals surface area contributed by atoms with Gasteiger partial charge in [0.1, 0.15) is 5.01 Å². The molecular weight excluding hydrogens is 281 g/mol.